The average Bonchev–Trinajstić information content (AvgIpc) is 2.97. The van der Waals surface area contributed by atoms with Gasteiger partial charge in [-0.25, -0.2) is 5.10 Å². The zero-order valence-corrected chi connectivity index (χ0v) is 13.3. The molecule has 0 bridgehead atoms. The summed E-state index contributed by atoms with van der Waals surface area (Å²) in [5.74, 6) is 1.03. The van der Waals surface area contributed by atoms with Gasteiger partial charge >= 0.3 is 0 Å². The molecule has 7 nitrogen and oxygen atoms in total. The number of anilines is 1. The zero-order valence-electron chi connectivity index (χ0n) is 12.5. The maximum Gasteiger partial charge on any atom is 0.258 e. The van der Waals surface area contributed by atoms with Gasteiger partial charge in [0, 0.05) is 5.56 Å². The van der Waals surface area contributed by atoms with Gasteiger partial charge in [0.2, 0.25) is 5.95 Å². The van der Waals surface area contributed by atoms with Gasteiger partial charge in [-0.1, -0.05) is 25.4 Å². The molecule has 0 unspecified atom stereocenters. The lowest BCUT2D eigenvalue weighted by molar-refractivity contribution is 0.102. The van der Waals surface area contributed by atoms with Crippen LogP contribution in [-0.2, 0) is 0 Å². The van der Waals surface area contributed by atoms with Gasteiger partial charge in [-0.15, -0.1) is 0 Å². The SMILES string of the molecule is COc1cc(C(=O)Nc2ncn[nH]2)cc(Cl)c1OCC(C)C. The normalized spacial score (nSPS) is 10.6. The Morgan fingerprint density at radius 3 is 2.82 bits per heavy atom. The van der Waals surface area contributed by atoms with E-state index in [1.807, 2.05) is 13.8 Å². The summed E-state index contributed by atoms with van der Waals surface area (Å²) in [6.07, 6.45) is 1.30. The van der Waals surface area contributed by atoms with E-state index in [0.717, 1.165) is 0 Å². The first kappa shape index (κ1) is 16.1. The Bertz CT molecular complexity index is 644. The molecule has 0 atom stereocenters. The number of H-pyrrole nitrogens is 1. The van der Waals surface area contributed by atoms with Crippen LogP contribution in [0, 0.1) is 5.92 Å². The van der Waals surface area contributed by atoms with Crippen LogP contribution >= 0.6 is 11.6 Å². The number of nitrogens with one attached hydrogen (secondary N) is 2. The van der Waals surface area contributed by atoms with Gasteiger partial charge in [-0.3, -0.25) is 10.1 Å². The van der Waals surface area contributed by atoms with Crippen molar-refractivity contribution in [3.63, 3.8) is 0 Å². The second-order valence-electron chi connectivity index (χ2n) is 4.98. The van der Waals surface area contributed by atoms with E-state index in [2.05, 4.69) is 20.5 Å². The third kappa shape index (κ3) is 3.88. The van der Waals surface area contributed by atoms with E-state index in [4.69, 9.17) is 21.1 Å². The Morgan fingerprint density at radius 1 is 1.45 bits per heavy atom. The molecule has 1 heterocycles. The second-order valence-corrected chi connectivity index (χ2v) is 5.39. The number of nitrogens with zero attached hydrogens (tertiary/aromatic N) is 2. The van der Waals surface area contributed by atoms with Crippen molar-refractivity contribution in [2.75, 3.05) is 19.0 Å². The molecule has 1 aromatic carbocycles. The van der Waals surface area contributed by atoms with Crippen LogP contribution < -0.4 is 14.8 Å². The molecular formula is C14H17ClN4O3. The van der Waals surface area contributed by atoms with Gasteiger partial charge in [0.25, 0.3) is 5.91 Å². The fraction of sp³-hybridized carbons (Fsp3) is 0.357. The number of halogens is 1. The Labute approximate surface area is 133 Å². The van der Waals surface area contributed by atoms with Crippen molar-refractivity contribution in [3.8, 4) is 11.5 Å². The fourth-order valence-corrected chi connectivity index (χ4v) is 1.95. The van der Waals surface area contributed by atoms with E-state index in [1.165, 1.54) is 19.5 Å². The summed E-state index contributed by atoms with van der Waals surface area (Å²) in [5.41, 5.74) is 0.329. The Kier molecular flexibility index (Phi) is 5.21. The summed E-state index contributed by atoms with van der Waals surface area (Å²) in [7, 11) is 1.49. The lowest BCUT2D eigenvalue weighted by atomic mass is 10.2. The molecule has 0 saturated carbocycles. The number of ether oxygens (including phenoxy) is 2. The third-order valence-corrected chi connectivity index (χ3v) is 2.98. The number of carbonyl (C=O) groups excluding carboxylic acids is 1. The van der Waals surface area contributed by atoms with Crippen molar-refractivity contribution in [2.45, 2.75) is 13.8 Å². The van der Waals surface area contributed by atoms with Crippen molar-refractivity contribution in [1.82, 2.24) is 15.2 Å². The van der Waals surface area contributed by atoms with Crippen LogP contribution in [-0.4, -0.2) is 34.8 Å². The molecular weight excluding hydrogens is 308 g/mol. The van der Waals surface area contributed by atoms with Crippen molar-refractivity contribution in [2.24, 2.45) is 5.92 Å². The molecule has 0 spiro atoms. The minimum Gasteiger partial charge on any atom is -0.493 e. The van der Waals surface area contributed by atoms with Crippen molar-refractivity contribution >= 4 is 23.5 Å². The summed E-state index contributed by atoms with van der Waals surface area (Å²) in [6.45, 7) is 4.55. The average molecular weight is 325 g/mol. The van der Waals surface area contributed by atoms with Gasteiger partial charge in [0.15, 0.2) is 11.5 Å². The van der Waals surface area contributed by atoms with Crippen molar-refractivity contribution in [3.05, 3.63) is 29.0 Å². The maximum atomic E-state index is 12.2. The van der Waals surface area contributed by atoms with Crippen LogP contribution in [0.15, 0.2) is 18.5 Å². The first-order valence-corrected chi connectivity index (χ1v) is 7.06. The van der Waals surface area contributed by atoms with Crippen LogP contribution in [0.25, 0.3) is 0 Å². The molecule has 0 aliphatic carbocycles. The Morgan fingerprint density at radius 2 is 2.23 bits per heavy atom. The summed E-state index contributed by atoms with van der Waals surface area (Å²) < 4.78 is 10.9. The largest absolute Gasteiger partial charge is 0.493 e. The maximum absolute atomic E-state index is 12.2. The van der Waals surface area contributed by atoms with Crippen LogP contribution in [0.3, 0.4) is 0 Å². The second kappa shape index (κ2) is 7.13. The van der Waals surface area contributed by atoms with E-state index >= 15 is 0 Å². The summed E-state index contributed by atoms with van der Waals surface area (Å²) in [6, 6.07) is 3.08. The number of benzene rings is 1. The van der Waals surface area contributed by atoms with E-state index < -0.39 is 0 Å². The molecule has 0 fully saturated rings. The highest BCUT2D eigenvalue weighted by Gasteiger charge is 2.17. The summed E-state index contributed by atoms with van der Waals surface area (Å²) >= 11 is 6.20. The number of hydrogen-bond donors (Lipinski definition) is 2. The molecule has 2 N–H and O–H groups in total. The van der Waals surface area contributed by atoms with Gasteiger partial charge in [0.1, 0.15) is 6.33 Å². The standard InChI is InChI=1S/C14H17ClN4O3/c1-8(2)6-22-12-10(15)4-9(5-11(12)21-3)13(20)18-14-16-7-17-19-14/h4-5,7-8H,6H2,1-3H3,(H2,16,17,18,19,20). The highest BCUT2D eigenvalue weighted by Crippen LogP contribution is 2.36. The molecule has 0 saturated heterocycles. The minimum atomic E-state index is -0.382. The van der Waals surface area contributed by atoms with E-state index in [1.54, 1.807) is 6.07 Å². The summed E-state index contributed by atoms with van der Waals surface area (Å²) in [4.78, 5) is 16.0. The highest BCUT2D eigenvalue weighted by molar-refractivity contribution is 6.32. The van der Waals surface area contributed by atoms with Gasteiger partial charge < -0.3 is 9.47 Å². The fourth-order valence-electron chi connectivity index (χ4n) is 1.69. The number of aromatic nitrogens is 3. The lowest BCUT2D eigenvalue weighted by Gasteiger charge is -2.15. The van der Waals surface area contributed by atoms with Crippen molar-refractivity contribution in [1.29, 1.82) is 0 Å². The molecule has 1 amide bonds. The number of carbonyl (C=O) groups is 1. The molecule has 0 aliphatic rings. The van der Waals surface area contributed by atoms with Gasteiger partial charge in [-0.2, -0.15) is 10.1 Å². The number of rotatable bonds is 6. The van der Waals surface area contributed by atoms with Crippen LogP contribution in [0.2, 0.25) is 5.02 Å². The van der Waals surface area contributed by atoms with Crippen LogP contribution in [0.5, 0.6) is 11.5 Å². The molecule has 0 radical (unpaired) electrons. The monoisotopic (exact) mass is 324 g/mol. The molecule has 118 valence electrons. The predicted molar refractivity (Wildman–Crippen MR) is 82.7 cm³/mol. The van der Waals surface area contributed by atoms with Gasteiger partial charge in [0.05, 0.1) is 18.7 Å². The lowest BCUT2D eigenvalue weighted by Crippen LogP contribution is -2.14. The summed E-state index contributed by atoms with van der Waals surface area (Å²) in [5, 5.41) is 9.07. The first-order valence-electron chi connectivity index (χ1n) is 6.68. The topological polar surface area (TPSA) is 89.1 Å². The first-order chi connectivity index (χ1) is 10.5. The smallest absolute Gasteiger partial charge is 0.258 e. The van der Waals surface area contributed by atoms with E-state index in [0.29, 0.717) is 34.6 Å². The molecule has 8 heteroatoms. The number of amides is 1. The van der Waals surface area contributed by atoms with E-state index in [9.17, 15) is 4.79 Å². The molecule has 1 aromatic heterocycles. The molecule has 22 heavy (non-hydrogen) atoms. The molecule has 0 aliphatic heterocycles. The van der Waals surface area contributed by atoms with Crippen LogP contribution in [0.1, 0.15) is 24.2 Å². The number of aromatic amines is 1. The quantitative estimate of drug-likeness (QED) is 0.852. The van der Waals surface area contributed by atoms with Crippen LogP contribution in [0.4, 0.5) is 5.95 Å². The number of methoxy groups -OCH3 is 1. The number of hydrogen-bond acceptors (Lipinski definition) is 5. The van der Waals surface area contributed by atoms with Crippen molar-refractivity contribution < 1.29 is 14.3 Å². The highest BCUT2D eigenvalue weighted by atomic mass is 35.5. The minimum absolute atomic E-state index is 0.250. The van der Waals surface area contributed by atoms with Gasteiger partial charge in [-0.05, 0) is 18.1 Å². The zero-order chi connectivity index (χ0) is 16.1. The van der Waals surface area contributed by atoms with E-state index in [-0.39, 0.29) is 11.9 Å². The molecule has 2 rings (SSSR count). The third-order valence-electron chi connectivity index (χ3n) is 2.70. The Hall–Kier alpha value is -2.28. The molecule has 2 aromatic rings. The predicted octanol–water partition coefficient (Wildman–Crippen LogP) is 2.75. The Balaban J connectivity index is 2.23.